The highest BCUT2D eigenvalue weighted by atomic mass is 16.3. The van der Waals surface area contributed by atoms with Crippen molar-refractivity contribution >= 4 is 49.8 Å². The van der Waals surface area contributed by atoms with Crippen LogP contribution in [0.2, 0.25) is 0 Å². The molecule has 0 spiro atoms. The quantitative estimate of drug-likeness (QED) is 0.160. The maximum Gasteiger partial charge on any atom is 0.159 e. The number of hydrogen-bond donors (Lipinski definition) is 0. The highest BCUT2D eigenvalue weighted by Crippen LogP contribution is 2.57. The van der Waals surface area contributed by atoms with Gasteiger partial charge in [-0.3, -0.25) is 0 Å². The van der Waals surface area contributed by atoms with E-state index in [0.29, 0.717) is 0 Å². The Morgan fingerprint density at radius 2 is 0.951 bits per heavy atom. The molecule has 0 amide bonds. The molecule has 1 aromatic heterocycles. The van der Waals surface area contributed by atoms with Gasteiger partial charge in [-0.2, -0.15) is 0 Å². The van der Waals surface area contributed by atoms with Crippen molar-refractivity contribution in [3.05, 3.63) is 259 Å². The van der Waals surface area contributed by atoms with Gasteiger partial charge in [-0.15, -0.1) is 0 Å². The van der Waals surface area contributed by atoms with Gasteiger partial charge in [0, 0.05) is 22.1 Å². The highest BCUT2D eigenvalue weighted by Gasteiger charge is 2.46. The van der Waals surface area contributed by atoms with Crippen LogP contribution in [0.3, 0.4) is 0 Å². The van der Waals surface area contributed by atoms with Crippen LogP contribution in [0.4, 0.5) is 17.1 Å². The van der Waals surface area contributed by atoms with Crippen molar-refractivity contribution in [1.29, 1.82) is 0 Å². The first kappa shape index (κ1) is 35.0. The molecule has 0 aliphatic heterocycles. The summed E-state index contributed by atoms with van der Waals surface area (Å²) in [5.74, 6) is 0. The maximum absolute atomic E-state index is 6.69. The first-order valence-electron chi connectivity index (χ1n) is 21.0. The molecule has 286 valence electrons. The van der Waals surface area contributed by atoms with E-state index in [-0.39, 0.29) is 0 Å². The Morgan fingerprint density at radius 1 is 0.344 bits per heavy atom. The molecular weight excluding hydrogens is 739 g/mol. The van der Waals surface area contributed by atoms with E-state index in [1.165, 1.54) is 55.3 Å². The Bertz CT molecular complexity index is 3370. The maximum atomic E-state index is 6.69. The van der Waals surface area contributed by atoms with Crippen molar-refractivity contribution in [3.8, 4) is 33.4 Å². The topological polar surface area (TPSA) is 16.4 Å². The van der Waals surface area contributed by atoms with E-state index >= 15 is 0 Å². The third-order valence-electron chi connectivity index (χ3n) is 12.7. The average Bonchev–Trinajstić information content (AvgIpc) is 3.87. The molecule has 2 heteroatoms. The molecule has 0 atom stereocenters. The minimum atomic E-state index is -0.457. The van der Waals surface area contributed by atoms with Crippen molar-refractivity contribution in [3.63, 3.8) is 0 Å². The number of anilines is 3. The summed E-state index contributed by atoms with van der Waals surface area (Å²) >= 11 is 0. The SMILES string of the molecule is c1ccc(C2(c3ccccc3)c3ccccc3-c3ccc(-c4ccc(N(c5cccc(-c6cccc7ccccc67)c5)c5cccc6c5oc5ccccc56)cc4)cc32)cc1. The second-order valence-electron chi connectivity index (χ2n) is 16.0. The zero-order valence-electron chi connectivity index (χ0n) is 33.4. The summed E-state index contributed by atoms with van der Waals surface area (Å²) in [6.45, 7) is 0. The number of rotatable bonds is 7. The van der Waals surface area contributed by atoms with E-state index in [0.717, 1.165) is 50.1 Å². The lowest BCUT2D eigenvalue weighted by molar-refractivity contribution is 0.669. The molecule has 0 radical (unpaired) electrons. The number of nitrogens with zero attached hydrogens (tertiary/aromatic N) is 1. The van der Waals surface area contributed by atoms with E-state index in [2.05, 4.69) is 235 Å². The molecule has 1 heterocycles. The van der Waals surface area contributed by atoms with Crippen LogP contribution in [-0.4, -0.2) is 0 Å². The normalized spacial score (nSPS) is 12.7. The van der Waals surface area contributed by atoms with Gasteiger partial charge in [-0.25, -0.2) is 0 Å². The molecule has 11 aromatic rings. The van der Waals surface area contributed by atoms with Crippen LogP contribution in [-0.2, 0) is 5.41 Å². The summed E-state index contributed by atoms with van der Waals surface area (Å²) < 4.78 is 6.69. The number of hydrogen-bond acceptors (Lipinski definition) is 2. The van der Waals surface area contributed by atoms with Crippen LogP contribution in [0.5, 0.6) is 0 Å². The Labute approximate surface area is 355 Å². The summed E-state index contributed by atoms with van der Waals surface area (Å²) in [5, 5.41) is 4.67. The van der Waals surface area contributed by atoms with Crippen molar-refractivity contribution in [2.45, 2.75) is 5.41 Å². The fourth-order valence-corrected chi connectivity index (χ4v) is 10.1. The van der Waals surface area contributed by atoms with E-state index < -0.39 is 5.41 Å². The fraction of sp³-hybridized carbons (Fsp3) is 0.0169. The van der Waals surface area contributed by atoms with Crippen molar-refractivity contribution in [1.82, 2.24) is 0 Å². The molecule has 61 heavy (non-hydrogen) atoms. The van der Waals surface area contributed by atoms with Crippen LogP contribution < -0.4 is 4.90 Å². The van der Waals surface area contributed by atoms with Gasteiger partial charge in [-0.1, -0.05) is 194 Å². The molecule has 0 unspecified atom stereocenters. The first-order valence-corrected chi connectivity index (χ1v) is 21.0. The minimum Gasteiger partial charge on any atom is -0.454 e. The molecule has 10 aromatic carbocycles. The molecule has 0 bridgehead atoms. The molecule has 2 nitrogen and oxygen atoms in total. The minimum absolute atomic E-state index is 0.457. The predicted molar refractivity (Wildman–Crippen MR) is 254 cm³/mol. The van der Waals surface area contributed by atoms with Gasteiger partial charge in [0.1, 0.15) is 5.58 Å². The van der Waals surface area contributed by atoms with E-state index in [9.17, 15) is 0 Å². The number of benzene rings is 10. The monoisotopic (exact) mass is 777 g/mol. The van der Waals surface area contributed by atoms with Crippen molar-refractivity contribution < 1.29 is 4.42 Å². The van der Waals surface area contributed by atoms with Gasteiger partial charge in [0.15, 0.2) is 5.58 Å². The summed E-state index contributed by atoms with van der Waals surface area (Å²) in [6, 6.07) is 85.9. The molecule has 0 saturated heterocycles. The van der Waals surface area contributed by atoms with Crippen LogP contribution in [0.25, 0.3) is 66.1 Å². The highest BCUT2D eigenvalue weighted by molar-refractivity contribution is 6.10. The summed E-state index contributed by atoms with van der Waals surface area (Å²) in [5.41, 5.74) is 16.8. The molecule has 1 aliphatic carbocycles. The predicted octanol–water partition coefficient (Wildman–Crippen LogP) is 15.9. The second kappa shape index (κ2) is 14.1. The van der Waals surface area contributed by atoms with E-state index in [4.69, 9.17) is 4.42 Å². The fourth-order valence-electron chi connectivity index (χ4n) is 10.1. The van der Waals surface area contributed by atoms with Gasteiger partial charge in [0.25, 0.3) is 0 Å². The molecule has 0 N–H and O–H groups in total. The van der Waals surface area contributed by atoms with Crippen LogP contribution in [0.1, 0.15) is 22.3 Å². The Balaban J connectivity index is 1.02. The second-order valence-corrected chi connectivity index (χ2v) is 16.0. The molecule has 0 saturated carbocycles. The summed E-state index contributed by atoms with van der Waals surface area (Å²) in [6.07, 6.45) is 0. The molecule has 0 fully saturated rings. The Hall–Kier alpha value is -7.94. The lowest BCUT2D eigenvalue weighted by Gasteiger charge is -2.34. The summed E-state index contributed by atoms with van der Waals surface area (Å²) in [4.78, 5) is 2.35. The van der Waals surface area contributed by atoms with Crippen molar-refractivity contribution in [2.24, 2.45) is 0 Å². The third-order valence-corrected chi connectivity index (χ3v) is 12.7. The van der Waals surface area contributed by atoms with Crippen molar-refractivity contribution in [2.75, 3.05) is 4.90 Å². The van der Waals surface area contributed by atoms with Gasteiger partial charge in [-0.05, 0) is 109 Å². The lowest BCUT2D eigenvalue weighted by atomic mass is 9.67. The molecular formula is C59H39NO. The van der Waals surface area contributed by atoms with E-state index in [1.54, 1.807) is 0 Å². The van der Waals surface area contributed by atoms with Gasteiger partial charge >= 0.3 is 0 Å². The summed E-state index contributed by atoms with van der Waals surface area (Å²) in [7, 11) is 0. The van der Waals surface area contributed by atoms with Gasteiger partial charge in [0.05, 0.1) is 11.1 Å². The average molecular weight is 778 g/mol. The van der Waals surface area contributed by atoms with Crippen LogP contribution in [0, 0.1) is 0 Å². The number of furan rings is 1. The number of fused-ring (bicyclic) bond motifs is 7. The number of para-hydroxylation sites is 2. The third kappa shape index (κ3) is 5.50. The Morgan fingerprint density at radius 3 is 1.77 bits per heavy atom. The van der Waals surface area contributed by atoms with Gasteiger partial charge < -0.3 is 9.32 Å². The van der Waals surface area contributed by atoms with Crippen LogP contribution in [0.15, 0.2) is 241 Å². The van der Waals surface area contributed by atoms with Crippen LogP contribution >= 0.6 is 0 Å². The molecule has 1 aliphatic rings. The molecule has 12 rings (SSSR count). The lowest BCUT2D eigenvalue weighted by Crippen LogP contribution is -2.28. The van der Waals surface area contributed by atoms with Gasteiger partial charge in [0.2, 0.25) is 0 Å². The van der Waals surface area contributed by atoms with E-state index in [1.807, 2.05) is 6.07 Å². The largest absolute Gasteiger partial charge is 0.454 e. The smallest absolute Gasteiger partial charge is 0.159 e. The zero-order valence-corrected chi connectivity index (χ0v) is 33.4. The zero-order chi connectivity index (χ0) is 40.3. The standard InChI is InChI=1S/C59H39NO/c1-3-19-44(20-4-1)59(45-21-5-2-6-22-45)54-29-11-9-25-50(54)51-37-34-42(39-55(51)59)40-32-35-46(36-33-40)60(56-30-15-28-53-52-26-10-12-31-57(52)61-58(53)56)47-23-13-18-43(38-47)49-27-14-17-41-16-7-8-24-48(41)49/h1-39H. The first-order chi connectivity index (χ1) is 30.3. The Kier molecular flexibility index (Phi) is 8.11.